The molecule has 1 aromatic heterocycles. The monoisotopic (exact) mass is 266 g/mol. The van der Waals surface area contributed by atoms with Crippen LogP contribution in [0, 0.1) is 6.92 Å². The lowest BCUT2D eigenvalue weighted by atomic mass is 10.1. The molecule has 5 heteroatoms. The molecule has 0 saturated heterocycles. The van der Waals surface area contributed by atoms with E-state index in [1.807, 2.05) is 20.8 Å². The molecule has 4 nitrogen and oxygen atoms in total. The van der Waals surface area contributed by atoms with Crippen LogP contribution in [0.15, 0.2) is 15.6 Å². The zero-order valence-electron chi connectivity index (χ0n) is 10.9. The van der Waals surface area contributed by atoms with Crippen LogP contribution in [-0.4, -0.2) is 10.8 Å². The number of aryl methyl sites for hydroxylation is 1. The van der Waals surface area contributed by atoms with E-state index in [1.165, 1.54) is 18.4 Å². The van der Waals surface area contributed by atoms with Crippen LogP contribution < -0.4 is 5.48 Å². The molecule has 0 radical (unpaired) electrons. The highest BCUT2D eigenvalue weighted by atomic mass is 32.2. The number of hydrogen-bond donors (Lipinski definition) is 1. The predicted molar refractivity (Wildman–Crippen MR) is 70.9 cm³/mol. The highest BCUT2D eigenvalue weighted by Crippen LogP contribution is 2.43. The van der Waals surface area contributed by atoms with E-state index in [1.54, 1.807) is 11.8 Å². The van der Waals surface area contributed by atoms with Crippen molar-refractivity contribution < 1.29 is 9.36 Å². The zero-order valence-corrected chi connectivity index (χ0v) is 11.8. The summed E-state index contributed by atoms with van der Waals surface area (Å²) in [5.41, 5.74) is 5.03. The molecule has 0 unspecified atom stereocenters. The fraction of sp³-hybridized carbons (Fsp3) is 0.615. The van der Waals surface area contributed by atoms with Crippen molar-refractivity contribution in [3.63, 3.8) is 0 Å². The van der Waals surface area contributed by atoms with Crippen LogP contribution in [-0.2, 0) is 10.6 Å². The van der Waals surface area contributed by atoms with E-state index in [4.69, 9.17) is 9.36 Å². The van der Waals surface area contributed by atoms with Crippen molar-refractivity contribution in [2.45, 2.75) is 50.9 Å². The van der Waals surface area contributed by atoms with Gasteiger partial charge >= 0.3 is 0 Å². The summed E-state index contributed by atoms with van der Waals surface area (Å²) >= 11 is 1.74. The van der Waals surface area contributed by atoms with Crippen LogP contribution in [0.3, 0.4) is 0 Å². The van der Waals surface area contributed by atoms with Gasteiger partial charge in [-0.25, -0.2) is 0 Å². The van der Waals surface area contributed by atoms with Crippen molar-refractivity contribution in [3.8, 4) is 0 Å². The minimum Gasteiger partial charge on any atom is -0.361 e. The number of hydrogen-bond acceptors (Lipinski definition) is 5. The topological polar surface area (TPSA) is 47.3 Å². The molecular weight excluding hydrogens is 248 g/mol. The number of thioether (sulfide) groups is 1. The molecule has 1 saturated carbocycles. The Morgan fingerprint density at radius 1 is 1.50 bits per heavy atom. The number of nitrogens with one attached hydrogen (secondary N) is 1. The van der Waals surface area contributed by atoms with Crippen molar-refractivity contribution >= 4 is 11.8 Å². The molecule has 0 atom stereocenters. The third-order valence-corrected chi connectivity index (χ3v) is 4.17. The Kier molecular flexibility index (Phi) is 2.90. The third-order valence-electron chi connectivity index (χ3n) is 3.23. The summed E-state index contributed by atoms with van der Waals surface area (Å²) in [6.07, 6.45) is 4.59. The van der Waals surface area contributed by atoms with Crippen LogP contribution >= 0.6 is 11.8 Å². The van der Waals surface area contributed by atoms with Crippen LogP contribution in [0.4, 0.5) is 0 Å². The molecule has 1 aromatic rings. The van der Waals surface area contributed by atoms with Crippen molar-refractivity contribution in [3.05, 3.63) is 28.1 Å². The van der Waals surface area contributed by atoms with E-state index in [0.717, 1.165) is 22.2 Å². The summed E-state index contributed by atoms with van der Waals surface area (Å²) in [7, 11) is 0. The van der Waals surface area contributed by atoms with E-state index in [0.29, 0.717) is 5.92 Å². The Balaban J connectivity index is 1.68. The molecule has 3 rings (SSSR count). The Bertz CT molecular complexity index is 489. The molecule has 1 aliphatic heterocycles. The molecule has 1 aliphatic carbocycles. The highest BCUT2D eigenvalue weighted by Gasteiger charge is 2.32. The van der Waals surface area contributed by atoms with Gasteiger partial charge in [0.05, 0.1) is 10.7 Å². The first kappa shape index (κ1) is 12.1. The number of rotatable bonds is 4. The van der Waals surface area contributed by atoms with Gasteiger partial charge in [0.25, 0.3) is 0 Å². The van der Waals surface area contributed by atoms with Gasteiger partial charge in [-0.3, -0.25) is 10.3 Å². The van der Waals surface area contributed by atoms with Crippen LogP contribution in [0.2, 0.25) is 0 Å². The lowest BCUT2D eigenvalue weighted by Gasteiger charge is -2.11. The van der Waals surface area contributed by atoms with E-state index in [9.17, 15) is 0 Å². The molecule has 2 aliphatic rings. The second kappa shape index (κ2) is 4.31. The first-order chi connectivity index (χ1) is 8.55. The lowest BCUT2D eigenvalue weighted by Crippen LogP contribution is -2.20. The van der Waals surface area contributed by atoms with Gasteiger partial charge in [-0.15, -0.1) is 11.8 Å². The average molecular weight is 266 g/mol. The van der Waals surface area contributed by atoms with E-state index in [-0.39, 0.29) is 5.60 Å². The second-order valence-electron chi connectivity index (χ2n) is 5.49. The SMILES string of the molecule is Cc1noc(C2CC2)c1CSC1=CC(C)(C)ON1. The smallest absolute Gasteiger partial charge is 0.144 e. The number of nitrogens with zero attached hydrogens (tertiary/aromatic N) is 1. The molecule has 18 heavy (non-hydrogen) atoms. The van der Waals surface area contributed by atoms with Gasteiger partial charge in [-0.2, -0.15) is 0 Å². The van der Waals surface area contributed by atoms with Gasteiger partial charge < -0.3 is 4.52 Å². The van der Waals surface area contributed by atoms with E-state index in [2.05, 4.69) is 16.7 Å². The minimum atomic E-state index is -0.217. The molecule has 1 fully saturated rings. The first-order valence-electron chi connectivity index (χ1n) is 6.30. The number of hydroxylamine groups is 1. The standard InChI is InChI=1S/C13H18N2O2S/c1-8-10(12(16-14-8)9-4-5-9)7-18-11-6-13(2,3)17-15-11/h6,9,15H,4-5,7H2,1-3H3. The maximum Gasteiger partial charge on any atom is 0.144 e. The van der Waals surface area contributed by atoms with E-state index < -0.39 is 0 Å². The Morgan fingerprint density at radius 2 is 2.28 bits per heavy atom. The molecular formula is C13H18N2O2S. The van der Waals surface area contributed by atoms with Crippen molar-refractivity contribution in [2.24, 2.45) is 0 Å². The normalized spacial score (nSPS) is 21.8. The largest absolute Gasteiger partial charge is 0.361 e. The lowest BCUT2D eigenvalue weighted by molar-refractivity contribution is -0.0126. The summed E-state index contributed by atoms with van der Waals surface area (Å²) in [4.78, 5) is 5.44. The average Bonchev–Trinajstić information content (AvgIpc) is 3.00. The van der Waals surface area contributed by atoms with Gasteiger partial charge in [-0.05, 0) is 39.7 Å². The predicted octanol–water partition coefficient (Wildman–Crippen LogP) is 3.25. The maximum absolute atomic E-state index is 5.44. The fourth-order valence-corrected chi connectivity index (χ4v) is 3.14. The zero-order chi connectivity index (χ0) is 12.8. The Morgan fingerprint density at radius 3 is 2.89 bits per heavy atom. The molecule has 0 amide bonds. The van der Waals surface area contributed by atoms with Crippen molar-refractivity contribution in [1.82, 2.24) is 10.6 Å². The maximum atomic E-state index is 5.44. The second-order valence-corrected chi connectivity index (χ2v) is 6.51. The van der Waals surface area contributed by atoms with Crippen LogP contribution in [0.5, 0.6) is 0 Å². The third kappa shape index (κ3) is 2.42. The molecule has 0 spiro atoms. The fourth-order valence-electron chi connectivity index (χ4n) is 2.03. The minimum absolute atomic E-state index is 0.217. The molecule has 0 bridgehead atoms. The Labute approximate surface area is 111 Å². The van der Waals surface area contributed by atoms with Gasteiger partial charge in [-0.1, -0.05) is 5.16 Å². The van der Waals surface area contributed by atoms with Gasteiger partial charge in [0, 0.05) is 17.2 Å². The summed E-state index contributed by atoms with van der Waals surface area (Å²) in [5, 5.41) is 5.16. The van der Waals surface area contributed by atoms with Gasteiger partial charge in [0.2, 0.25) is 0 Å². The van der Waals surface area contributed by atoms with Crippen LogP contribution in [0.1, 0.15) is 49.6 Å². The summed E-state index contributed by atoms with van der Waals surface area (Å²) in [6.45, 7) is 6.09. The number of aromatic nitrogens is 1. The molecule has 0 aromatic carbocycles. The van der Waals surface area contributed by atoms with Crippen LogP contribution in [0.25, 0.3) is 0 Å². The molecule has 2 heterocycles. The van der Waals surface area contributed by atoms with Gasteiger partial charge in [0.1, 0.15) is 11.4 Å². The Hall–Kier alpha value is -0.940. The van der Waals surface area contributed by atoms with E-state index >= 15 is 0 Å². The summed E-state index contributed by atoms with van der Waals surface area (Å²) < 4.78 is 5.44. The van der Waals surface area contributed by atoms with Crippen molar-refractivity contribution in [1.29, 1.82) is 0 Å². The van der Waals surface area contributed by atoms with Gasteiger partial charge in [0.15, 0.2) is 0 Å². The summed E-state index contributed by atoms with van der Waals surface area (Å²) in [6, 6.07) is 0. The first-order valence-corrected chi connectivity index (χ1v) is 7.28. The van der Waals surface area contributed by atoms with Crippen molar-refractivity contribution in [2.75, 3.05) is 0 Å². The summed E-state index contributed by atoms with van der Waals surface area (Å²) in [5.74, 6) is 2.60. The highest BCUT2D eigenvalue weighted by molar-refractivity contribution is 8.02. The molecule has 1 N–H and O–H groups in total. The molecule has 98 valence electrons. The quantitative estimate of drug-likeness (QED) is 0.906.